The molecule has 4 aromatic carbocycles. The maximum Gasteiger partial charge on any atom is 0.295 e. The van der Waals surface area contributed by atoms with Gasteiger partial charge in [0.25, 0.3) is 11.7 Å². The summed E-state index contributed by atoms with van der Waals surface area (Å²) in [6.45, 7) is 2.75. The van der Waals surface area contributed by atoms with Gasteiger partial charge in [-0.15, -0.1) is 0 Å². The van der Waals surface area contributed by atoms with Crippen molar-refractivity contribution in [1.82, 2.24) is 4.90 Å². The average Bonchev–Trinajstić information content (AvgIpc) is 3.50. The molecule has 0 aliphatic carbocycles. The highest BCUT2D eigenvalue weighted by Gasteiger charge is 2.46. The maximum atomic E-state index is 13.5. The molecule has 0 radical (unpaired) electrons. The van der Waals surface area contributed by atoms with Gasteiger partial charge in [-0.3, -0.25) is 9.59 Å². The summed E-state index contributed by atoms with van der Waals surface area (Å²) in [6.07, 6.45) is 1.35. The Morgan fingerprint density at radius 2 is 1.59 bits per heavy atom. The van der Waals surface area contributed by atoms with E-state index in [1.54, 1.807) is 11.0 Å². The Hall–Kier alpha value is -4.84. The molecule has 0 aromatic heterocycles. The molecule has 6 heteroatoms. The van der Waals surface area contributed by atoms with Crippen molar-refractivity contribution in [3.63, 3.8) is 0 Å². The van der Waals surface area contributed by atoms with E-state index in [0.717, 1.165) is 34.4 Å². The second-order valence-electron chi connectivity index (χ2n) is 10.5. The van der Waals surface area contributed by atoms with E-state index in [1.165, 1.54) is 0 Å². The van der Waals surface area contributed by atoms with Crippen LogP contribution in [0.25, 0.3) is 5.76 Å². The van der Waals surface area contributed by atoms with Crippen molar-refractivity contribution in [1.29, 1.82) is 0 Å². The van der Waals surface area contributed by atoms with Crippen LogP contribution >= 0.6 is 0 Å². The fraction of sp³-hybridized carbons (Fsp3) is 0.200. The predicted octanol–water partition coefficient (Wildman–Crippen LogP) is 6.25. The van der Waals surface area contributed by atoms with Gasteiger partial charge in [-0.25, -0.2) is 0 Å². The van der Waals surface area contributed by atoms with E-state index in [-0.39, 0.29) is 17.4 Å². The molecule has 1 fully saturated rings. The molecular formula is C35H31NO5. The summed E-state index contributed by atoms with van der Waals surface area (Å²) in [7, 11) is 0. The number of rotatable bonds is 8. The lowest BCUT2D eigenvalue weighted by Crippen LogP contribution is -2.31. The summed E-state index contributed by atoms with van der Waals surface area (Å²) in [5.74, 6) is -0.0287. The molecule has 0 unspecified atom stereocenters. The van der Waals surface area contributed by atoms with Gasteiger partial charge in [-0.05, 0) is 65.9 Å². The lowest BCUT2D eigenvalue weighted by Gasteiger charge is -2.25. The third-order valence-corrected chi connectivity index (χ3v) is 7.64. The van der Waals surface area contributed by atoms with Crippen LogP contribution < -0.4 is 9.47 Å². The summed E-state index contributed by atoms with van der Waals surface area (Å²) >= 11 is 0. The highest BCUT2D eigenvalue weighted by molar-refractivity contribution is 6.46. The first-order valence-electron chi connectivity index (χ1n) is 13.9. The number of ether oxygens (including phenoxy) is 2. The van der Waals surface area contributed by atoms with Crippen molar-refractivity contribution in [3.05, 3.63) is 137 Å². The normalized spacial score (nSPS) is 19.2. The Morgan fingerprint density at radius 1 is 0.902 bits per heavy atom. The maximum absolute atomic E-state index is 13.5. The largest absolute Gasteiger partial charge is 0.507 e. The van der Waals surface area contributed by atoms with Crippen LogP contribution in [0.2, 0.25) is 0 Å². The third kappa shape index (κ3) is 5.46. The van der Waals surface area contributed by atoms with Gasteiger partial charge in [0, 0.05) is 18.5 Å². The molecule has 0 bridgehead atoms. The number of hydrogen-bond donors (Lipinski definition) is 1. The molecule has 2 aliphatic rings. The highest BCUT2D eigenvalue weighted by Crippen LogP contribution is 2.41. The third-order valence-electron chi connectivity index (χ3n) is 7.64. The van der Waals surface area contributed by atoms with E-state index in [2.05, 4.69) is 0 Å². The predicted molar refractivity (Wildman–Crippen MR) is 157 cm³/mol. The molecule has 206 valence electrons. The summed E-state index contributed by atoms with van der Waals surface area (Å²) < 4.78 is 11.8. The number of fused-ring (bicyclic) bond motifs is 1. The van der Waals surface area contributed by atoms with Gasteiger partial charge in [-0.1, -0.05) is 72.8 Å². The smallest absolute Gasteiger partial charge is 0.295 e. The topological polar surface area (TPSA) is 76.1 Å². The molecule has 1 N–H and O–H groups in total. The minimum Gasteiger partial charge on any atom is -0.507 e. The monoisotopic (exact) mass is 545 g/mol. The zero-order valence-electron chi connectivity index (χ0n) is 22.8. The van der Waals surface area contributed by atoms with E-state index in [4.69, 9.17) is 9.47 Å². The van der Waals surface area contributed by atoms with Crippen LogP contribution in [0.1, 0.15) is 40.8 Å². The zero-order chi connectivity index (χ0) is 28.3. The molecule has 6 nitrogen and oxygen atoms in total. The SMILES string of the molecule is C[C@@H]1Cc2cc(/C(O)=C3\C(=O)C(=O)N(CCc4ccccc4)[C@H]3c3ccc(OCc4ccccc4)cc3)ccc2O1. The van der Waals surface area contributed by atoms with E-state index >= 15 is 0 Å². The standard InChI is InChI=1S/C35H31NO5/c1-23-20-28-21-27(14-17-30(28)41-23)33(37)31-32(36(35(39)34(31)38)19-18-24-8-4-2-5-9-24)26-12-15-29(16-13-26)40-22-25-10-6-3-7-11-25/h2-17,21,23,32,37H,18-20,22H2,1H3/b33-31+/t23-,32+/m1/s1. The first kappa shape index (κ1) is 26.4. The number of Topliss-reactive ketones (excluding diaryl/α,β-unsaturated/α-hetero) is 1. The van der Waals surface area contributed by atoms with Crippen molar-refractivity contribution in [2.45, 2.75) is 38.5 Å². The molecule has 1 amide bonds. The van der Waals surface area contributed by atoms with Gasteiger partial charge >= 0.3 is 0 Å². The minimum atomic E-state index is -0.731. The van der Waals surface area contributed by atoms with E-state index < -0.39 is 17.7 Å². The first-order valence-corrected chi connectivity index (χ1v) is 13.9. The molecule has 6 rings (SSSR count). The van der Waals surface area contributed by atoms with Gasteiger partial charge < -0.3 is 19.5 Å². The number of aliphatic hydroxyl groups is 1. The molecule has 2 heterocycles. The quantitative estimate of drug-likeness (QED) is 0.161. The Bertz CT molecular complexity index is 1600. The van der Waals surface area contributed by atoms with Crippen molar-refractivity contribution in [3.8, 4) is 11.5 Å². The summed E-state index contributed by atoms with van der Waals surface area (Å²) in [4.78, 5) is 28.4. The number of hydrogen-bond acceptors (Lipinski definition) is 5. The van der Waals surface area contributed by atoms with Crippen LogP contribution in [0.15, 0.2) is 109 Å². The Morgan fingerprint density at radius 3 is 2.29 bits per heavy atom. The fourth-order valence-corrected chi connectivity index (χ4v) is 5.56. The highest BCUT2D eigenvalue weighted by atomic mass is 16.5. The van der Waals surface area contributed by atoms with Crippen LogP contribution in [0.4, 0.5) is 0 Å². The van der Waals surface area contributed by atoms with Crippen molar-refractivity contribution in [2.24, 2.45) is 0 Å². The van der Waals surface area contributed by atoms with Gasteiger partial charge in [0.15, 0.2) is 0 Å². The molecule has 2 atom stereocenters. The molecule has 41 heavy (non-hydrogen) atoms. The van der Waals surface area contributed by atoms with Crippen LogP contribution in [0.3, 0.4) is 0 Å². The second-order valence-corrected chi connectivity index (χ2v) is 10.5. The van der Waals surface area contributed by atoms with E-state index in [9.17, 15) is 14.7 Å². The molecule has 2 aliphatic heterocycles. The number of ketones is 1. The van der Waals surface area contributed by atoms with E-state index in [1.807, 2.05) is 104 Å². The van der Waals surface area contributed by atoms with Gasteiger partial charge in [0.05, 0.1) is 11.6 Å². The Labute approximate surface area is 239 Å². The Balaban J connectivity index is 1.34. The number of amides is 1. The summed E-state index contributed by atoms with van der Waals surface area (Å²) in [5.41, 5.74) is 4.40. The summed E-state index contributed by atoms with van der Waals surface area (Å²) in [6, 6.07) is 31.8. The molecule has 1 saturated heterocycles. The number of nitrogens with zero attached hydrogens (tertiary/aromatic N) is 1. The van der Waals surface area contributed by atoms with Gasteiger partial charge in [0.1, 0.15) is 30.0 Å². The second kappa shape index (κ2) is 11.3. The number of carbonyl (C=O) groups is 2. The lowest BCUT2D eigenvalue weighted by atomic mass is 9.94. The summed E-state index contributed by atoms with van der Waals surface area (Å²) in [5, 5.41) is 11.5. The number of aliphatic hydroxyl groups excluding tert-OH is 1. The van der Waals surface area contributed by atoms with Crippen molar-refractivity contribution >= 4 is 17.4 Å². The fourth-order valence-electron chi connectivity index (χ4n) is 5.56. The van der Waals surface area contributed by atoms with Crippen molar-refractivity contribution in [2.75, 3.05) is 6.54 Å². The molecular weight excluding hydrogens is 514 g/mol. The van der Waals surface area contributed by atoms with Crippen LogP contribution in [-0.4, -0.2) is 34.3 Å². The molecule has 0 saturated carbocycles. The van der Waals surface area contributed by atoms with E-state index in [0.29, 0.717) is 30.9 Å². The number of likely N-dealkylation sites (tertiary alicyclic amines) is 1. The van der Waals surface area contributed by atoms with Crippen molar-refractivity contribution < 1.29 is 24.2 Å². The van der Waals surface area contributed by atoms with Crippen LogP contribution in [0.5, 0.6) is 11.5 Å². The van der Waals surface area contributed by atoms with Gasteiger partial charge in [0.2, 0.25) is 0 Å². The van der Waals surface area contributed by atoms with Gasteiger partial charge in [-0.2, -0.15) is 0 Å². The zero-order valence-corrected chi connectivity index (χ0v) is 22.8. The molecule has 0 spiro atoms. The minimum absolute atomic E-state index is 0.0496. The molecule has 4 aromatic rings. The van der Waals surface area contributed by atoms with Crippen LogP contribution in [-0.2, 0) is 29.0 Å². The first-order chi connectivity index (χ1) is 20.0. The average molecular weight is 546 g/mol. The Kier molecular flexibility index (Phi) is 7.30. The number of benzene rings is 4. The van der Waals surface area contributed by atoms with Crippen LogP contribution in [0, 0.1) is 0 Å². The number of carbonyl (C=O) groups excluding carboxylic acids is 2. The lowest BCUT2D eigenvalue weighted by molar-refractivity contribution is -0.139.